The van der Waals surface area contributed by atoms with E-state index >= 15 is 0 Å². The largest absolute Gasteiger partial charge is 0.396 e. The highest BCUT2D eigenvalue weighted by Crippen LogP contribution is 2.17. The fourth-order valence-corrected chi connectivity index (χ4v) is 2.88. The second-order valence-electron chi connectivity index (χ2n) is 7.37. The molecule has 0 spiro atoms. The van der Waals surface area contributed by atoms with Gasteiger partial charge in [-0.1, -0.05) is 32.9 Å². The van der Waals surface area contributed by atoms with Gasteiger partial charge < -0.3 is 10.0 Å². The van der Waals surface area contributed by atoms with E-state index in [4.69, 9.17) is 5.11 Å². The van der Waals surface area contributed by atoms with Gasteiger partial charge >= 0.3 is 5.69 Å². The van der Waals surface area contributed by atoms with E-state index in [1.54, 1.807) is 16.5 Å². The molecule has 0 aliphatic carbocycles. The summed E-state index contributed by atoms with van der Waals surface area (Å²) in [6.07, 6.45) is 0.534. The Hall–Kier alpha value is -2.08. The molecular formula is C18H27N3O3. The molecule has 132 valence electrons. The Morgan fingerprint density at radius 3 is 2.42 bits per heavy atom. The fourth-order valence-electron chi connectivity index (χ4n) is 2.88. The Morgan fingerprint density at radius 2 is 1.83 bits per heavy atom. The molecule has 0 bridgehead atoms. The Balaban J connectivity index is 2.29. The third kappa shape index (κ3) is 4.06. The number of aliphatic hydroxyl groups is 1. The lowest BCUT2D eigenvalue weighted by molar-refractivity contribution is -0.133. The lowest BCUT2D eigenvalue weighted by Gasteiger charge is -2.30. The van der Waals surface area contributed by atoms with Crippen LogP contribution >= 0.6 is 0 Å². The highest BCUT2D eigenvalue weighted by atomic mass is 16.3. The number of benzene rings is 1. The Kier molecular flexibility index (Phi) is 5.49. The van der Waals surface area contributed by atoms with Crippen LogP contribution in [0.4, 0.5) is 0 Å². The molecule has 0 radical (unpaired) electrons. The van der Waals surface area contributed by atoms with E-state index in [1.807, 2.05) is 24.3 Å². The number of carbonyl (C=O) groups is 1. The first-order chi connectivity index (χ1) is 11.2. The predicted molar refractivity (Wildman–Crippen MR) is 94.9 cm³/mol. The van der Waals surface area contributed by atoms with Crippen LogP contribution in [0.2, 0.25) is 0 Å². The van der Waals surface area contributed by atoms with E-state index in [9.17, 15) is 9.59 Å². The minimum atomic E-state index is -0.192. The summed E-state index contributed by atoms with van der Waals surface area (Å²) in [7, 11) is 1.71. The normalized spacial score (nSPS) is 11.9. The van der Waals surface area contributed by atoms with E-state index in [2.05, 4.69) is 20.8 Å². The second-order valence-corrected chi connectivity index (χ2v) is 7.37. The van der Waals surface area contributed by atoms with Crippen molar-refractivity contribution in [2.45, 2.75) is 33.7 Å². The van der Waals surface area contributed by atoms with Gasteiger partial charge in [-0.15, -0.1) is 0 Å². The van der Waals surface area contributed by atoms with Crippen LogP contribution in [-0.4, -0.2) is 44.7 Å². The smallest absolute Gasteiger partial charge is 0.329 e. The van der Waals surface area contributed by atoms with Crippen molar-refractivity contribution in [2.24, 2.45) is 12.5 Å². The van der Waals surface area contributed by atoms with Gasteiger partial charge in [0.1, 0.15) is 6.54 Å². The number of aliphatic hydroxyl groups excluding tert-OH is 1. The zero-order chi connectivity index (χ0) is 17.9. The molecule has 0 saturated carbocycles. The van der Waals surface area contributed by atoms with Crippen LogP contribution in [0.15, 0.2) is 29.1 Å². The number of fused-ring (bicyclic) bond motifs is 1. The van der Waals surface area contributed by atoms with Crippen molar-refractivity contribution in [1.82, 2.24) is 14.0 Å². The van der Waals surface area contributed by atoms with Crippen LogP contribution in [0, 0.1) is 5.41 Å². The van der Waals surface area contributed by atoms with Crippen molar-refractivity contribution in [2.75, 3.05) is 19.7 Å². The molecule has 0 aliphatic rings. The van der Waals surface area contributed by atoms with Gasteiger partial charge in [0, 0.05) is 26.7 Å². The molecule has 1 aromatic carbocycles. The zero-order valence-electron chi connectivity index (χ0n) is 15.0. The van der Waals surface area contributed by atoms with Crippen LogP contribution < -0.4 is 5.69 Å². The number of para-hydroxylation sites is 2. The Bertz CT molecular complexity index is 768. The molecule has 0 saturated heterocycles. The monoisotopic (exact) mass is 333 g/mol. The van der Waals surface area contributed by atoms with E-state index in [0.29, 0.717) is 19.5 Å². The van der Waals surface area contributed by atoms with Gasteiger partial charge in [-0.25, -0.2) is 4.79 Å². The van der Waals surface area contributed by atoms with Gasteiger partial charge in [-0.05, 0) is 24.0 Å². The Labute approximate surface area is 142 Å². The number of aromatic nitrogens is 2. The van der Waals surface area contributed by atoms with Crippen LogP contribution in [-0.2, 0) is 18.4 Å². The maximum Gasteiger partial charge on any atom is 0.329 e. The Morgan fingerprint density at radius 1 is 1.21 bits per heavy atom. The average Bonchev–Trinajstić information content (AvgIpc) is 2.76. The van der Waals surface area contributed by atoms with Gasteiger partial charge in [0.15, 0.2) is 0 Å². The van der Waals surface area contributed by atoms with E-state index < -0.39 is 0 Å². The molecule has 6 heteroatoms. The summed E-state index contributed by atoms with van der Waals surface area (Å²) < 4.78 is 3.08. The molecular weight excluding hydrogens is 306 g/mol. The third-order valence-electron chi connectivity index (χ3n) is 3.95. The van der Waals surface area contributed by atoms with Crippen molar-refractivity contribution in [3.63, 3.8) is 0 Å². The van der Waals surface area contributed by atoms with Crippen molar-refractivity contribution in [3.05, 3.63) is 34.7 Å². The number of carbonyl (C=O) groups excluding carboxylic acids is 1. The van der Waals surface area contributed by atoms with E-state index in [-0.39, 0.29) is 30.2 Å². The quantitative estimate of drug-likeness (QED) is 0.873. The molecule has 6 nitrogen and oxygen atoms in total. The van der Waals surface area contributed by atoms with E-state index in [0.717, 1.165) is 11.0 Å². The van der Waals surface area contributed by atoms with Gasteiger partial charge in [0.05, 0.1) is 11.0 Å². The first-order valence-corrected chi connectivity index (χ1v) is 8.27. The number of hydrogen-bond donors (Lipinski definition) is 1. The van der Waals surface area contributed by atoms with Crippen molar-refractivity contribution in [3.8, 4) is 0 Å². The summed E-state index contributed by atoms with van der Waals surface area (Å²) in [6, 6.07) is 7.46. The first kappa shape index (κ1) is 18.3. The summed E-state index contributed by atoms with van der Waals surface area (Å²) in [5.74, 6) is -0.100. The summed E-state index contributed by atoms with van der Waals surface area (Å²) in [5, 5.41) is 9.08. The molecule has 2 aromatic rings. The molecule has 2 rings (SSSR count). The van der Waals surface area contributed by atoms with Crippen molar-refractivity contribution < 1.29 is 9.90 Å². The molecule has 24 heavy (non-hydrogen) atoms. The SMILES string of the molecule is Cn1c(=O)n(CC(=O)N(CCCO)CC(C)(C)C)c2ccccc21. The number of hydrogen-bond acceptors (Lipinski definition) is 3. The van der Waals surface area contributed by atoms with Crippen LogP contribution in [0.1, 0.15) is 27.2 Å². The molecule has 1 N–H and O–H groups in total. The molecule has 0 unspecified atom stereocenters. The first-order valence-electron chi connectivity index (χ1n) is 8.27. The van der Waals surface area contributed by atoms with Crippen LogP contribution in [0.5, 0.6) is 0 Å². The topological polar surface area (TPSA) is 67.5 Å². The summed E-state index contributed by atoms with van der Waals surface area (Å²) in [6.45, 7) is 7.34. The summed E-state index contributed by atoms with van der Waals surface area (Å²) in [5.41, 5.74) is 1.33. The standard InChI is InChI=1S/C18H27N3O3/c1-18(2,3)13-20(10-7-11-22)16(23)12-21-15-9-6-5-8-14(15)19(4)17(21)24/h5-6,8-9,22H,7,10-13H2,1-4H3. The number of aryl methyl sites for hydroxylation is 1. The number of imidazole rings is 1. The van der Waals surface area contributed by atoms with Crippen LogP contribution in [0.25, 0.3) is 11.0 Å². The van der Waals surface area contributed by atoms with Gasteiger partial charge in [-0.2, -0.15) is 0 Å². The van der Waals surface area contributed by atoms with Crippen LogP contribution in [0.3, 0.4) is 0 Å². The number of amides is 1. The molecule has 0 aliphatic heterocycles. The second kappa shape index (κ2) is 7.21. The molecule has 0 fully saturated rings. The summed E-state index contributed by atoms with van der Waals surface area (Å²) in [4.78, 5) is 27.0. The maximum absolute atomic E-state index is 12.8. The lowest BCUT2D eigenvalue weighted by atomic mass is 9.96. The highest BCUT2D eigenvalue weighted by molar-refractivity contribution is 5.81. The maximum atomic E-state index is 12.8. The van der Waals surface area contributed by atoms with E-state index in [1.165, 1.54) is 4.57 Å². The van der Waals surface area contributed by atoms with Gasteiger partial charge in [0.25, 0.3) is 0 Å². The molecule has 1 heterocycles. The van der Waals surface area contributed by atoms with Gasteiger partial charge in [0.2, 0.25) is 5.91 Å². The molecule has 1 aromatic heterocycles. The molecule has 1 amide bonds. The zero-order valence-corrected chi connectivity index (χ0v) is 15.0. The third-order valence-corrected chi connectivity index (χ3v) is 3.95. The predicted octanol–water partition coefficient (Wildman–Crippen LogP) is 1.60. The number of nitrogens with zero attached hydrogens (tertiary/aromatic N) is 3. The van der Waals surface area contributed by atoms with Crippen molar-refractivity contribution in [1.29, 1.82) is 0 Å². The number of rotatable bonds is 6. The fraction of sp³-hybridized carbons (Fsp3) is 0.556. The summed E-state index contributed by atoms with van der Waals surface area (Å²) >= 11 is 0. The average molecular weight is 333 g/mol. The molecule has 0 atom stereocenters. The lowest BCUT2D eigenvalue weighted by Crippen LogP contribution is -2.41. The highest BCUT2D eigenvalue weighted by Gasteiger charge is 2.22. The minimum absolute atomic E-state index is 0.0156. The van der Waals surface area contributed by atoms with Crippen molar-refractivity contribution >= 4 is 16.9 Å². The van der Waals surface area contributed by atoms with Gasteiger partial charge in [-0.3, -0.25) is 13.9 Å². The minimum Gasteiger partial charge on any atom is -0.396 e.